The fourth-order valence-electron chi connectivity index (χ4n) is 4.61. The number of nitrogens with two attached hydrogens (primary N) is 1. The van der Waals surface area contributed by atoms with Gasteiger partial charge in [0.25, 0.3) is 0 Å². The topological polar surface area (TPSA) is 55.6 Å². The first-order valence-corrected chi connectivity index (χ1v) is 9.98. The smallest absolute Gasteiger partial charge is 0.228 e. The van der Waals surface area contributed by atoms with Gasteiger partial charge in [-0.2, -0.15) is 0 Å². The summed E-state index contributed by atoms with van der Waals surface area (Å²) in [7, 11) is 0. The van der Waals surface area contributed by atoms with Gasteiger partial charge in [0.15, 0.2) is 0 Å². The highest BCUT2D eigenvalue weighted by molar-refractivity contribution is 5.80. The minimum Gasteiger partial charge on any atom is -0.373 e. The van der Waals surface area contributed by atoms with Crippen LogP contribution in [0.2, 0.25) is 0 Å². The highest BCUT2D eigenvalue weighted by Gasteiger charge is 2.41. The third kappa shape index (κ3) is 3.78. The van der Waals surface area contributed by atoms with E-state index in [0.29, 0.717) is 18.4 Å². The van der Waals surface area contributed by atoms with Crippen LogP contribution in [-0.2, 0) is 9.53 Å². The van der Waals surface area contributed by atoms with E-state index >= 15 is 0 Å². The normalized spacial score (nSPS) is 28.3. The van der Waals surface area contributed by atoms with Gasteiger partial charge in [-0.1, -0.05) is 60.7 Å². The van der Waals surface area contributed by atoms with Crippen molar-refractivity contribution in [1.82, 2.24) is 4.90 Å². The summed E-state index contributed by atoms with van der Waals surface area (Å²) in [5.41, 5.74) is 8.44. The molecule has 2 N–H and O–H groups in total. The summed E-state index contributed by atoms with van der Waals surface area (Å²) < 4.78 is 6.05. The zero-order valence-electron chi connectivity index (χ0n) is 15.7. The van der Waals surface area contributed by atoms with Crippen molar-refractivity contribution in [2.24, 2.45) is 17.6 Å². The van der Waals surface area contributed by atoms with Crippen molar-refractivity contribution in [3.8, 4) is 0 Å². The third-order valence-corrected chi connectivity index (χ3v) is 6.05. The van der Waals surface area contributed by atoms with Crippen molar-refractivity contribution in [2.45, 2.75) is 24.9 Å². The molecule has 4 rings (SSSR count). The van der Waals surface area contributed by atoms with E-state index in [9.17, 15) is 4.79 Å². The van der Waals surface area contributed by atoms with E-state index < -0.39 is 0 Å². The summed E-state index contributed by atoms with van der Waals surface area (Å²) >= 11 is 0. The lowest BCUT2D eigenvalue weighted by molar-refractivity contribution is -0.144. The maximum atomic E-state index is 13.4. The number of benzene rings is 2. The minimum absolute atomic E-state index is 0.103. The number of carbonyl (C=O) groups is 1. The van der Waals surface area contributed by atoms with Gasteiger partial charge in [0.1, 0.15) is 0 Å². The summed E-state index contributed by atoms with van der Waals surface area (Å²) in [5.74, 6) is 0.755. The molecule has 0 bridgehead atoms. The van der Waals surface area contributed by atoms with Gasteiger partial charge in [0, 0.05) is 25.6 Å². The third-order valence-electron chi connectivity index (χ3n) is 6.05. The van der Waals surface area contributed by atoms with Crippen LogP contribution in [-0.4, -0.2) is 37.0 Å². The molecule has 4 nitrogen and oxygen atoms in total. The molecule has 2 aromatic carbocycles. The molecule has 2 heterocycles. The maximum Gasteiger partial charge on any atom is 0.228 e. The van der Waals surface area contributed by atoms with Gasteiger partial charge >= 0.3 is 0 Å². The number of amides is 1. The molecule has 2 saturated heterocycles. The predicted octanol–water partition coefficient (Wildman–Crippen LogP) is 3.36. The predicted molar refractivity (Wildman–Crippen MR) is 106 cm³/mol. The fraction of sp³-hybridized carbons (Fsp3) is 0.435. The molecule has 27 heavy (non-hydrogen) atoms. The quantitative estimate of drug-likeness (QED) is 0.905. The Bertz CT molecular complexity index is 749. The van der Waals surface area contributed by atoms with Crippen molar-refractivity contribution in [3.05, 3.63) is 71.8 Å². The first kappa shape index (κ1) is 18.2. The Morgan fingerprint density at radius 3 is 2.33 bits per heavy atom. The second-order valence-corrected chi connectivity index (χ2v) is 7.71. The molecule has 2 unspecified atom stereocenters. The number of nitrogens with zero attached hydrogens (tertiary/aromatic N) is 1. The molecule has 4 atom stereocenters. The number of carbonyl (C=O) groups excluding carboxylic acids is 1. The van der Waals surface area contributed by atoms with Gasteiger partial charge in [-0.3, -0.25) is 4.79 Å². The number of ether oxygens (including phenoxy) is 1. The van der Waals surface area contributed by atoms with Crippen LogP contribution in [0.15, 0.2) is 60.7 Å². The van der Waals surface area contributed by atoms with E-state index in [-0.39, 0.29) is 17.9 Å². The van der Waals surface area contributed by atoms with E-state index in [4.69, 9.17) is 10.5 Å². The van der Waals surface area contributed by atoms with Crippen LogP contribution in [0.5, 0.6) is 0 Å². The average molecular weight is 364 g/mol. The summed E-state index contributed by atoms with van der Waals surface area (Å²) in [4.78, 5) is 15.5. The van der Waals surface area contributed by atoms with Crippen LogP contribution in [0.4, 0.5) is 0 Å². The molecule has 142 valence electrons. The Morgan fingerprint density at radius 2 is 1.67 bits per heavy atom. The van der Waals surface area contributed by atoms with Crippen molar-refractivity contribution in [2.75, 3.05) is 26.2 Å². The zero-order valence-corrected chi connectivity index (χ0v) is 15.7. The van der Waals surface area contributed by atoms with Crippen LogP contribution in [0.1, 0.15) is 36.0 Å². The Morgan fingerprint density at radius 1 is 1.00 bits per heavy atom. The molecule has 0 aliphatic carbocycles. The van der Waals surface area contributed by atoms with Gasteiger partial charge in [0.2, 0.25) is 5.91 Å². The second kappa shape index (κ2) is 8.24. The van der Waals surface area contributed by atoms with Crippen molar-refractivity contribution in [3.63, 3.8) is 0 Å². The van der Waals surface area contributed by atoms with Gasteiger partial charge < -0.3 is 15.4 Å². The first-order chi connectivity index (χ1) is 13.3. The Kier molecular flexibility index (Phi) is 5.55. The highest BCUT2D eigenvalue weighted by atomic mass is 16.5. The Balaban J connectivity index is 1.53. The Hall–Kier alpha value is -2.17. The van der Waals surface area contributed by atoms with E-state index in [1.54, 1.807) is 0 Å². The van der Waals surface area contributed by atoms with E-state index in [1.165, 1.54) is 5.56 Å². The van der Waals surface area contributed by atoms with Gasteiger partial charge in [0.05, 0.1) is 12.0 Å². The molecular weight excluding hydrogens is 336 g/mol. The first-order valence-electron chi connectivity index (χ1n) is 9.98. The number of hydrogen-bond donors (Lipinski definition) is 1. The van der Waals surface area contributed by atoms with Crippen LogP contribution >= 0.6 is 0 Å². The lowest BCUT2D eigenvalue weighted by Crippen LogP contribution is -2.40. The van der Waals surface area contributed by atoms with Crippen LogP contribution in [0.25, 0.3) is 0 Å². The molecule has 0 spiro atoms. The largest absolute Gasteiger partial charge is 0.373 e. The molecule has 2 aliphatic heterocycles. The van der Waals surface area contributed by atoms with Gasteiger partial charge in [-0.25, -0.2) is 0 Å². The SMILES string of the molecule is NC[C@@H]1CN(C(=O)C2CCCOC2c2ccccc2)C[C@H]1c1ccccc1. The summed E-state index contributed by atoms with van der Waals surface area (Å²) in [5, 5.41) is 0. The molecule has 4 heteroatoms. The molecular formula is C23H28N2O2. The lowest BCUT2D eigenvalue weighted by Gasteiger charge is -2.34. The van der Waals surface area contributed by atoms with Crippen molar-refractivity contribution < 1.29 is 9.53 Å². The maximum absolute atomic E-state index is 13.4. The minimum atomic E-state index is -0.139. The van der Waals surface area contributed by atoms with Crippen molar-refractivity contribution in [1.29, 1.82) is 0 Å². The highest BCUT2D eigenvalue weighted by Crippen LogP contribution is 2.38. The standard InChI is InChI=1S/C23H28N2O2/c24-14-19-15-25(16-21(19)17-8-3-1-4-9-17)23(26)20-12-7-13-27-22(20)18-10-5-2-6-11-18/h1-6,8-11,19-22H,7,12-16,24H2/t19-,20?,21+,22?/m1/s1. The van der Waals surface area contributed by atoms with Gasteiger partial charge in [-0.05, 0) is 36.4 Å². The van der Waals surface area contributed by atoms with E-state index in [1.807, 2.05) is 29.2 Å². The number of hydrogen-bond acceptors (Lipinski definition) is 3. The average Bonchev–Trinajstić information content (AvgIpc) is 3.19. The van der Waals surface area contributed by atoms with Crippen LogP contribution in [0.3, 0.4) is 0 Å². The van der Waals surface area contributed by atoms with Crippen molar-refractivity contribution >= 4 is 5.91 Å². The Labute approximate surface area is 161 Å². The summed E-state index contributed by atoms with van der Waals surface area (Å²) in [6.07, 6.45) is 1.69. The molecule has 1 amide bonds. The summed E-state index contributed by atoms with van der Waals surface area (Å²) in [6, 6.07) is 20.6. The number of likely N-dealkylation sites (tertiary alicyclic amines) is 1. The zero-order chi connectivity index (χ0) is 18.6. The number of rotatable bonds is 4. The molecule has 0 aromatic heterocycles. The monoisotopic (exact) mass is 364 g/mol. The lowest BCUT2D eigenvalue weighted by atomic mass is 9.88. The second-order valence-electron chi connectivity index (χ2n) is 7.71. The molecule has 2 aromatic rings. The summed E-state index contributed by atoms with van der Waals surface area (Å²) in [6.45, 7) is 2.82. The van der Waals surface area contributed by atoms with Crippen LogP contribution < -0.4 is 5.73 Å². The molecule has 2 aliphatic rings. The molecule has 0 radical (unpaired) electrons. The molecule has 0 saturated carbocycles. The van der Waals surface area contributed by atoms with Crippen LogP contribution in [0, 0.1) is 11.8 Å². The molecule has 2 fully saturated rings. The van der Waals surface area contributed by atoms with E-state index in [2.05, 4.69) is 36.4 Å². The van der Waals surface area contributed by atoms with E-state index in [0.717, 1.165) is 38.1 Å². The fourth-order valence-corrected chi connectivity index (χ4v) is 4.61. The van der Waals surface area contributed by atoms with Gasteiger partial charge in [-0.15, -0.1) is 0 Å².